The molecule has 3 heterocycles. The van der Waals surface area contributed by atoms with E-state index in [9.17, 15) is 24.6 Å². The Balaban J connectivity index is 1.72. The van der Waals surface area contributed by atoms with E-state index in [1.807, 2.05) is 24.3 Å². The van der Waals surface area contributed by atoms with Crippen LogP contribution in [0.25, 0.3) is 0 Å². The molecule has 6 atom stereocenters. The number of aliphatic hydroxyl groups excluding tert-OH is 1. The smallest absolute Gasteiger partial charge is 0.310 e. The maximum absolute atomic E-state index is 14.4. The van der Waals surface area contributed by atoms with Gasteiger partial charge in [0.1, 0.15) is 11.6 Å². The van der Waals surface area contributed by atoms with E-state index in [1.165, 1.54) is 0 Å². The normalized spacial score (nSPS) is 29.4. The second kappa shape index (κ2) is 11.8. The second-order valence-electron chi connectivity index (χ2n) is 10.2. The average molecular weight is 593 g/mol. The number of unbranched alkanes of at least 4 members (excludes halogenated alkanes) is 2. The maximum atomic E-state index is 14.4. The fourth-order valence-electron chi connectivity index (χ4n) is 6.53. The van der Waals surface area contributed by atoms with Gasteiger partial charge in [0.05, 0.1) is 17.9 Å². The molecule has 0 saturated carbocycles. The largest absolute Gasteiger partial charge is 0.481 e. The molecule has 3 saturated heterocycles. The Morgan fingerprint density at radius 2 is 1.84 bits per heavy atom. The summed E-state index contributed by atoms with van der Waals surface area (Å²) in [5, 5.41) is 19.2. The van der Waals surface area contributed by atoms with E-state index in [4.69, 9.17) is 4.74 Å². The van der Waals surface area contributed by atoms with Gasteiger partial charge in [-0.25, -0.2) is 0 Å². The average Bonchev–Trinajstić information content (AvgIpc) is 3.49. The number of carbonyl (C=O) groups excluding carboxylic acids is 2. The van der Waals surface area contributed by atoms with Crippen LogP contribution in [-0.2, 0) is 19.1 Å². The molecular weight excluding hydrogens is 554 g/mol. The molecule has 10 heteroatoms. The number of ether oxygens (including phenoxy) is 1. The minimum absolute atomic E-state index is 0.0522. The summed E-state index contributed by atoms with van der Waals surface area (Å²) in [5.41, 5.74) is 0.512. The highest BCUT2D eigenvalue weighted by atomic mass is 79.9. The number of anilines is 2. The molecule has 4 rings (SSSR count). The van der Waals surface area contributed by atoms with Crippen molar-refractivity contribution in [2.24, 2.45) is 11.8 Å². The quantitative estimate of drug-likeness (QED) is 0.206. The highest BCUT2D eigenvalue weighted by Crippen LogP contribution is 2.60. The van der Waals surface area contributed by atoms with Gasteiger partial charge in [-0.15, -0.1) is 6.58 Å². The lowest BCUT2D eigenvalue weighted by Crippen LogP contribution is -2.57. The Hall–Kier alpha value is -2.43. The Bertz CT molecular complexity index is 1050. The van der Waals surface area contributed by atoms with Gasteiger partial charge in [0.15, 0.2) is 0 Å². The van der Waals surface area contributed by atoms with Crippen LogP contribution in [0.15, 0.2) is 36.9 Å². The third-order valence-electron chi connectivity index (χ3n) is 8.23. The first kappa shape index (κ1) is 28.6. The molecule has 3 aliphatic heterocycles. The van der Waals surface area contributed by atoms with Crippen LogP contribution in [0.3, 0.4) is 0 Å². The van der Waals surface area contributed by atoms with Crippen LogP contribution in [0.5, 0.6) is 0 Å². The third-order valence-corrected chi connectivity index (χ3v) is 9.08. The molecule has 38 heavy (non-hydrogen) atoms. The predicted octanol–water partition coefficient (Wildman–Crippen LogP) is 3.05. The minimum Gasteiger partial charge on any atom is -0.481 e. The third kappa shape index (κ3) is 4.75. The van der Waals surface area contributed by atoms with Crippen LogP contribution in [0.2, 0.25) is 0 Å². The number of likely N-dealkylation sites (tertiary alicyclic amines) is 1. The van der Waals surface area contributed by atoms with Gasteiger partial charge in [0, 0.05) is 49.0 Å². The number of hydrogen-bond acceptors (Lipinski definition) is 6. The van der Waals surface area contributed by atoms with Crippen molar-refractivity contribution in [3.05, 3.63) is 36.9 Å². The van der Waals surface area contributed by atoms with Crippen molar-refractivity contribution >= 4 is 45.1 Å². The number of carbonyl (C=O) groups is 3. The molecule has 9 nitrogen and oxygen atoms in total. The highest BCUT2D eigenvalue weighted by molar-refractivity contribution is 9.09. The number of benzene rings is 1. The number of amides is 2. The monoisotopic (exact) mass is 591 g/mol. The zero-order valence-corrected chi connectivity index (χ0v) is 23.7. The number of rotatable bonds is 13. The fourth-order valence-corrected chi connectivity index (χ4v) is 7.48. The molecule has 1 unspecified atom stereocenters. The van der Waals surface area contributed by atoms with Gasteiger partial charge in [-0.2, -0.15) is 0 Å². The van der Waals surface area contributed by atoms with Crippen LogP contribution in [-0.4, -0.2) is 88.3 Å². The lowest BCUT2D eigenvalue weighted by molar-refractivity contribution is -0.149. The molecule has 2 bridgehead atoms. The van der Waals surface area contributed by atoms with Gasteiger partial charge in [-0.05, 0) is 63.8 Å². The van der Waals surface area contributed by atoms with Gasteiger partial charge >= 0.3 is 5.97 Å². The fraction of sp³-hybridized carbons (Fsp3) is 0.607. The van der Waals surface area contributed by atoms with Crippen LogP contribution < -0.4 is 9.80 Å². The summed E-state index contributed by atoms with van der Waals surface area (Å²) in [6, 6.07) is 6.79. The second-order valence-corrected chi connectivity index (χ2v) is 11.4. The molecule has 1 aromatic carbocycles. The summed E-state index contributed by atoms with van der Waals surface area (Å²) in [4.78, 5) is 45.6. The number of carboxylic acids is 1. The van der Waals surface area contributed by atoms with E-state index in [1.54, 1.807) is 15.9 Å². The molecule has 2 amide bonds. The zero-order chi connectivity index (χ0) is 27.6. The molecule has 1 aromatic rings. The molecule has 0 radical (unpaired) electrons. The summed E-state index contributed by atoms with van der Waals surface area (Å²) in [5.74, 6) is -3.65. The maximum Gasteiger partial charge on any atom is 0.310 e. The number of alkyl halides is 1. The minimum atomic E-state index is -1.21. The molecule has 2 N–H and O–H groups in total. The summed E-state index contributed by atoms with van der Waals surface area (Å²) >= 11 is 3.58. The Morgan fingerprint density at radius 1 is 1.18 bits per heavy atom. The summed E-state index contributed by atoms with van der Waals surface area (Å²) < 4.78 is 6.37. The van der Waals surface area contributed by atoms with Gasteiger partial charge in [-0.3, -0.25) is 14.4 Å². The summed E-state index contributed by atoms with van der Waals surface area (Å²) in [7, 11) is 0. The van der Waals surface area contributed by atoms with Crippen molar-refractivity contribution in [3.8, 4) is 0 Å². The van der Waals surface area contributed by atoms with E-state index in [-0.39, 0.29) is 29.8 Å². The van der Waals surface area contributed by atoms with Gasteiger partial charge in [0.2, 0.25) is 5.91 Å². The summed E-state index contributed by atoms with van der Waals surface area (Å²) in [6.45, 7) is 10.3. The topological polar surface area (TPSA) is 111 Å². The SMILES string of the molecule is C=CCN(C(=O)[C@H]1N(CCCCCO)C(=O)[C@@H]2[C@@H](C(=O)O)[C@@H]3O[C@@]21CC3Br)c1ccc(N(CC)CC)cc1. The van der Waals surface area contributed by atoms with Crippen molar-refractivity contribution in [2.45, 2.75) is 62.1 Å². The van der Waals surface area contributed by atoms with Crippen LogP contribution in [0.4, 0.5) is 11.4 Å². The predicted molar refractivity (Wildman–Crippen MR) is 149 cm³/mol. The van der Waals surface area contributed by atoms with Gasteiger partial charge < -0.3 is 29.6 Å². The zero-order valence-electron chi connectivity index (χ0n) is 22.1. The van der Waals surface area contributed by atoms with E-state index in [0.717, 1.165) is 18.8 Å². The van der Waals surface area contributed by atoms with Gasteiger partial charge in [0.25, 0.3) is 5.91 Å². The molecule has 3 aliphatic rings. The van der Waals surface area contributed by atoms with Crippen LogP contribution in [0.1, 0.15) is 39.5 Å². The highest BCUT2D eigenvalue weighted by Gasteiger charge is 2.76. The Labute approximate surface area is 232 Å². The lowest BCUT2D eigenvalue weighted by Gasteiger charge is -2.37. The van der Waals surface area contributed by atoms with Gasteiger partial charge in [-0.1, -0.05) is 22.0 Å². The Kier molecular flexibility index (Phi) is 8.84. The van der Waals surface area contributed by atoms with Crippen molar-refractivity contribution in [1.82, 2.24) is 4.90 Å². The van der Waals surface area contributed by atoms with Crippen LogP contribution >= 0.6 is 15.9 Å². The number of aliphatic hydroxyl groups is 1. The molecule has 3 fully saturated rings. The number of halogens is 1. The number of aliphatic carboxylic acids is 1. The lowest BCUT2D eigenvalue weighted by atomic mass is 9.70. The van der Waals surface area contributed by atoms with Crippen molar-refractivity contribution < 1.29 is 29.3 Å². The number of hydrogen-bond donors (Lipinski definition) is 2. The van der Waals surface area contributed by atoms with Crippen molar-refractivity contribution in [2.75, 3.05) is 42.6 Å². The standard InChI is InChI=1S/C28H38BrN3O6/c1-4-14-31(19-12-10-18(11-13-19)30(5-2)6-3)26(35)24-28-17-20(29)23(38-28)21(27(36)37)22(28)25(34)32(24)15-8-7-9-16-33/h4,10-13,20-24,33H,1,5-9,14-17H2,2-3H3,(H,36,37)/t20?,21-,22+,23-,24-,28+/m1/s1. The number of carboxylic acid groups (broad SMARTS) is 1. The van der Waals surface area contributed by atoms with E-state index in [2.05, 4.69) is 41.3 Å². The first-order chi connectivity index (χ1) is 18.2. The van der Waals surface area contributed by atoms with E-state index >= 15 is 0 Å². The van der Waals surface area contributed by atoms with E-state index in [0.29, 0.717) is 37.9 Å². The van der Waals surface area contributed by atoms with Crippen molar-refractivity contribution in [3.63, 3.8) is 0 Å². The number of nitrogens with zero attached hydrogens (tertiary/aromatic N) is 3. The molecule has 0 aliphatic carbocycles. The first-order valence-corrected chi connectivity index (χ1v) is 14.4. The molecule has 0 aromatic heterocycles. The molecule has 1 spiro atoms. The first-order valence-electron chi connectivity index (χ1n) is 13.5. The van der Waals surface area contributed by atoms with E-state index < -0.39 is 35.6 Å². The molecular formula is C28H38BrN3O6. The molecule has 208 valence electrons. The van der Waals surface area contributed by atoms with Crippen molar-refractivity contribution in [1.29, 1.82) is 0 Å². The van der Waals surface area contributed by atoms with Crippen LogP contribution in [0, 0.1) is 11.8 Å². The summed E-state index contributed by atoms with van der Waals surface area (Å²) in [6.07, 6.45) is 3.23. The Morgan fingerprint density at radius 3 is 2.42 bits per heavy atom. The number of fused-ring (bicyclic) bond motifs is 1.